The van der Waals surface area contributed by atoms with Crippen molar-refractivity contribution in [2.24, 2.45) is 5.92 Å². The van der Waals surface area contributed by atoms with Crippen molar-refractivity contribution in [3.05, 3.63) is 59.4 Å². The van der Waals surface area contributed by atoms with Crippen molar-refractivity contribution < 1.29 is 35.9 Å². The van der Waals surface area contributed by atoms with Gasteiger partial charge in [-0.25, -0.2) is 26.3 Å². The van der Waals surface area contributed by atoms with E-state index < -0.39 is 57.0 Å². The van der Waals surface area contributed by atoms with Crippen molar-refractivity contribution >= 4 is 21.9 Å². The largest absolute Gasteiger partial charge is 0.450 e. The Labute approximate surface area is 220 Å². The van der Waals surface area contributed by atoms with E-state index in [2.05, 4.69) is 4.72 Å². The summed E-state index contributed by atoms with van der Waals surface area (Å²) in [5.41, 5.74) is -1.38. The Hall–Kier alpha value is -2.92. The molecule has 5 rings (SSSR count). The molecule has 2 bridgehead atoms. The number of carbonyl (C=O) groups is 2. The van der Waals surface area contributed by atoms with Crippen molar-refractivity contribution in [1.82, 2.24) is 9.62 Å². The van der Waals surface area contributed by atoms with E-state index >= 15 is 4.39 Å². The maximum atomic E-state index is 15.8. The highest BCUT2D eigenvalue weighted by Crippen LogP contribution is 2.45. The predicted molar refractivity (Wildman–Crippen MR) is 135 cm³/mol. The molecule has 0 spiro atoms. The van der Waals surface area contributed by atoms with Gasteiger partial charge >= 0.3 is 5.97 Å². The molecule has 3 fully saturated rings. The topological polar surface area (TPSA) is 92.8 Å². The van der Waals surface area contributed by atoms with E-state index in [1.54, 1.807) is 6.07 Å². The Morgan fingerprint density at radius 3 is 2.32 bits per heavy atom. The second-order valence-electron chi connectivity index (χ2n) is 10.5. The van der Waals surface area contributed by atoms with Crippen LogP contribution >= 0.6 is 0 Å². The zero-order valence-corrected chi connectivity index (χ0v) is 22.4. The molecule has 1 aliphatic carbocycles. The summed E-state index contributed by atoms with van der Waals surface area (Å²) in [6.45, 7) is 5.61. The van der Waals surface area contributed by atoms with E-state index in [1.807, 2.05) is 0 Å². The summed E-state index contributed by atoms with van der Waals surface area (Å²) in [7, 11) is -3.68. The van der Waals surface area contributed by atoms with Crippen molar-refractivity contribution in [3.8, 4) is 11.1 Å². The van der Waals surface area contributed by atoms with Crippen LogP contribution in [0.2, 0.25) is 0 Å². The Bertz CT molecular complexity index is 1340. The van der Waals surface area contributed by atoms with E-state index in [0.717, 1.165) is 12.1 Å². The lowest BCUT2D eigenvalue weighted by Crippen LogP contribution is -2.72. The van der Waals surface area contributed by atoms with E-state index in [-0.39, 0.29) is 40.8 Å². The number of fused-ring (bicyclic) bond motifs is 2. The molecular formula is C27H31F3N2O5S. The zero-order valence-electron chi connectivity index (χ0n) is 21.6. The minimum absolute atomic E-state index is 0.0144. The molecule has 2 saturated heterocycles. The lowest BCUT2D eigenvalue weighted by atomic mass is 9.66. The summed E-state index contributed by atoms with van der Waals surface area (Å²) >= 11 is 0. The molecule has 0 radical (unpaired) electrons. The second kappa shape index (κ2) is 10.3. The van der Waals surface area contributed by atoms with Gasteiger partial charge in [0.1, 0.15) is 17.5 Å². The molecular weight excluding hydrogens is 521 g/mol. The minimum Gasteiger partial charge on any atom is -0.450 e. The lowest BCUT2D eigenvalue weighted by Gasteiger charge is -2.59. The number of esters is 1. The monoisotopic (exact) mass is 552 g/mol. The molecule has 1 N–H and O–H groups in total. The molecule has 2 heterocycles. The second-order valence-corrected chi connectivity index (χ2v) is 12.5. The fourth-order valence-electron chi connectivity index (χ4n) is 5.52. The van der Waals surface area contributed by atoms with Crippen LogP contribution in [0.15, 0.2) is 36.4 Å². The van der Waals surface area contributed by atoms with Gasteiger partial charge in [0.15, 0.2) is 5.60 Å². The molecule has 1 saturated carbocycles. The third kappa shape index (κ3) is 5.58. The van der Waals surface area contributed by atoms with Crippen LogP contribution in [0.5, 0.6) is 0 Å². The van der Waals surface area contributed by atoms with Gasteiger partial charge < -0.3 is 9.64 Å². The molecule has 0 unspecified atom stereocenters. The van der Waals surface area contributed by atoms with Crippen LogP contribution in [0.1, 0.15) is 46.1 Å². The first-order valence-corrected chi connectivity index (χ1v) is 14.1. The number of amides is 1. The van der Waals surface area contributed by atoms with Crippen molar-refractivity contribution in [2.45, 2.75) is 70.7 Å². The average Bonchev–Trinajstić information content (AvgIpc) is 2.78. The van der Waals surface area contributed by atoms with Gasteiger partial charge in [-0.3, -0.25) is 9.59 Å². The standard InChI is InChI=1S/C27H31F3N2O5S/c1-5-38(35,36)31-25-18-11-21(12-18)32(26(34)27(3,4)37-15(2)33)23(25)13-16-7-6-8-22(24(16)30)17-9-19(28)14-20(29)10-17/h6-10,14,18,21,23,25,31H,5,11-13H2,1-4H3/t18?,21?,23-,25-/m0/s1. The maximum absolute atomic E-state index is 15.8. The Kier molecular flexibility index (Phi) is 7.64. The number of benzene rings is 2. The number of ether oxygens (including phenoxy) is 1. The van der Waals surface area contributed by atoms with Crippen molar-refractivity contribution in [2.75, 3.05) is 5.75 Å². The van der Waals surface area contributed by atoms with Crippen molar-refractivity contribution in [1.29, 1.82) is 0 Å². The van der Waals surface area contributed by atoms with E-state index in [9.17, 15) is 26.8 Å². The van der Waals surface area contributed by atoms with Crippen LogP contribution in [0.3, 0.4) is 0 Å². The first-order chi connectivity index (χ1) is 17.7. The van der Waals surface area contributed by atoms with E-state index in [1.165, 1.54) is 44.7 Å². The molecule has 2 aromatic carbocycles. The van der Waals surface area contributed by atoms with Gasteiger partial charge in [-0.2, -0.15) is 0 Å². The molecule has 0 aromatic heterocycles. The molecule has 2 atom stereocenters. The van der Waals surface area contributed by atoms with Gasteiger partial charge in [-0.15, -0.1) is 0 Å². The van der Waals surface area contributed by atoms with Gasteiger partial charge in [0.05, 0.1) is 11.8 Å². The Morgan fingerprint density at radius 2 is 1.74 bits per heavy atom. The number of halogens is 3. The fraction of sp³-hybridized carbons (Fsp3) is 0.481. The number of piperidine rings is 2. The number of sulfonamides is 1. The van der Waals surface area contributed by atoms with Crippen LogP contribution in [0, 0.1) is 23.4 Å². The first kappa shape index (κ1) is 28.1. The quantitative estimate of drug-likeness (QED) is 0.501. The fourth-order valence-corrected chi connectivity index (χ4v) is 6.46. The van der Waals surface area contributed by atoms with Gasteiger partial charge in [-0.1, -0.05) is 18.2 Å². The van der Waals surface area contributed by atoms with Gasteiger partial charge in [0.25, 0.3) is 5.91 Å². The summed E-state index contributed by atoms with van der Waals surface area (Å²) in [5.74, 6) is -3.81. The van der Waals surface area contributed by atoms with Crippen LogP contribution in [0.4, 0.5) is 13.2 Å². The summed E-state index contributed by atoms with van der Waals surface area (Å²) in [6.07, 6.45) is 1.05. The highest BCUT2D eigenvalue weighted by molar-refractivity contribution is 7.89. The lowest BCUT2D eigenvalue weighted by molar-refractivity contribution is -0.179. The minimum atomic E-state index is -3.68. The van der Waals surface area contributed by atoms with Gasteiger partial charge in [0.2, 0.25) is 10.0 Å². The molecule has 3 aliphatic rings. The smallest absolute Gasteiger partial charge is 0.303 e. The number of hydrogen-bond acceptors (Lipinski definition) is 5. The van der Waals surface area contributed by atoms with Gasteiger partial charge in [-0.05, 0) is 69.2 Å². The highest BCUT2D eigenvalue weighted by atomic mass is 32.2. The van der Waals surface area contributed by atoms with Gasteiger partial charge in [0, 0.05) is 30.6 Å². The number of nitrogens with zero attached hydrogens (tertiary/aromatic N) is 1. The predicted octanol–water partition coefficient (Wildman–Crippen LogP) is 3.95. The summed E-state index contributed by atoms with van der Waals surface area (Å²) in [4.78, 5) is 26.9. The molecule has 38 heavy (non-hydrogen) atoms. The molecule has 2 aromatic rings. The van der Waals surface area contributed by atoms with Crippen LogP contribution in [0.25, 0.3) is 11.1 Å². The third-order valence-electron chi connectivity index (χ3n) is 7.35. The van der Waals surface area contributed by atoms with Crippen LogP contribution in [-0.2, 0) is 30.8 Å². The number of hydrogen-bond donors (Lipinski definition) is 1. The first-order valence-electron chi connectivity index (χ1n) is 12.5. The molecule has 2 aliphatic heterocycles. The van der Waals surface area contributed by atoms with E-state index in [0.29, 0.717) is 18.9 Å². The summed E-state index contributed by atoms with van der Waals surface area (Å²) < 4.78 is 76.7. The summed E-state index contributed by atoms with van der Waals surface area (Å²) in [5, 5.41) is 0. The molecule has 206 valence electrons. The number of carbonyl (C=O) groups excluding carboxylic acids is 2. The average molecular weight is 553 g/mol. The maximum Gasteiger partial charge on any atom is 0.303 e. The SMILES string of the molecule is CCS(=O)(=O)N[C@H]1C2CC(C2)N(C(=O)C(C)(C)OC(C)=O)[C@H]1Cc1cccc(-c2cc(F)cc(F)c2)c1F. The molecule has 7 nitrogen and oxygen atoms in total. The number of rotatable bonds is 8. The zero-order chi connectivity index (χ0) is 28.0. The molecule has 1 amide bonds. The van der Waals surface area contributed by atoms with Crippen LogP contribution in [-0.4, -0.2) is 54.7 Å². The number of nitrogens with one attached hydrogen (secondary N) is 1. The summed E-state index contributed by atoms with van der Waals surface area (Å²) in [6, 6.07) is 5.47. The van der Waals surface area contributed by atoms with E-state index in [4.69, 9.17) is 4.74 Å². The van der Waals surface area contributed by atoms with Crippen LogP contribution < -0.4 is 4.72 Å². The normalized spacial score (nSPS) is 23.1. The molecule has 11 heteroatoms. The third-order valence-corrected chi connectivity index (χ3v) is 8.74. The Morgan fingerprint density at radius 1 is 1.11 bits per heavy atom. The Balaban J connectivity index is 1.76. The highest BCUT2D eigenvalue weighted by Gasteiger charge is 2.55. The van der Waals surface area contributed by atoms with Crippen molar-refractivity contribution in [3.63, 3.8) is 0 Å².